The maximum Gasteiger partial charge on any atom is 0.213 e. The highest BCUT2D eigenvalue weighted by atomic mass is 32.2. The highest BCUT2D eigenvalue weighted by Gasteiger charge is 2.25. The molecule has 134 valence electrons. The first-order chi connectivity index (χ1) is 11.5. The van der Waals surface area contributed by atoms with Gasteiger partial charge in [0.2, 0.25) is 10.0 Å². The van der Waals surface area contributed by atoms with Gasteiger partial charge in [0.1, 0.15) is 0 Å². The Labute approximate surface area is 146 Å². The minimum Gasteiger partial charge on any atom is -0.372 e. The van der Waals surface area contributed by atoms with E-state index < -0.39 is 10.0 Å². The summed E-state index contributed by atoms with van der Waals surface area (Å²) in [5.41, 5.74) is 2.50. The molecule has 1 aromatic carbocycles. The number of rotatable bonds is 4. The summed E-state index contributed by atoms with van der Waals surface area (Å²) in [6, 6.07) is 8.77. The third-order valence-electron chi connectivity index (χ3n) is 5.36. The fourth-order valence-corrected chi connectivity index (χ4v) is 4.63. The molecule has 24 heavy (non-hydrogen) atoms. The summed E-state index contributed by atoms with van der Waals surface area (Å²) in [4.78, 5) is 4.75. The Morgan fingerprint density at radius 3 is 1.79 bits per heavy atom. The van der Waals surface area contributed by atoms with Gasteiger partial charge in [0.25, 0.3) is 0 Å². The van der Waals surface area contributed by atoms with Crippen LogP contribution < -0.4 is 9.80 Å². The van der Waals surface area contributed by atoms with Gasteiger partial charge in [-0.25, -0.2) is 8.42 Å². The van der Waals surface area contributed by atoms with E-state index in [0.717, 1.165) is 32.1 Å². The molecule has 2 aliphatic rings. The van der Waals surface area contributed by atoms with Crippen molar-refractivity contribution >= 4 is 21.4 Å². The largest absolute Gasteiger partial charge is 0.372 e. The van der Waals surface area contributed by atoms with Crippen LogP contribution in [0.4, 0.5) is 11.4 Å². The molecule has 6 heteroatoms. The second-order valence-electron chi connectivity index (χ2n) is 6.97. The molecule has 0 N–H and O–H groups in total. The molecule has 0 aromatic heterocycles. The third-order valence-corrected chi connectivity index (χ3v) is 7.24. The van der Waals surface area contributed by atoms with Crippen molar-refractivity contribution < 1.29 is 8.42 Å². The van der Waals surface area contributed by atoms with Gasteiger partial charge in [-0.2, -0.15) is 4.31 Å². The van der Waals surface area contributed by atoms with Crippen molar-refractivity contribution in [1.29, 1.82) is 0 Å². The molecule has 2 fully saturated rings. The number of sulfonamides is 1. The van der Waals surface area contributed by atoms with Crippen LogP contribution in [0.1, 0.15) is 26.7 Å². The summed E-state index contributed by atoms with van der Waals surface area (Å²) in [6.07, 6.45) is 2.55. The van der Waals surface area contributed by atoms with Crippen LogP contribution in [0.2, 0.25) is 0 Å². The quantitative estimate of drug-likeness (QED) is 0.835. The number of anilines is 2. The van der Waals surface area contributed by atoms with E-state index in [9.17, 15) is 8.42 Å². The lowest BCUT2D eigenvalue weighted by molar-refractivity contribution is 0.385. The molecule has 2 saturated heterocycles. The Hall–Kier alpha value is -1.27. The van der Waals surface area contributed by atoms with Gasteiger partial charge in [0.05, 0.1) is 5.75 Å². The van der Waals surface area contributed by atoms with E-state index in [1.54, 1.807) is 11.2 Å². The smallest absolute Gasteiger partial charge is 0.213 e. The van der Waals surface area contributed by atoms with Gasteiger partial charge in [-0.3, -0.25) is 0 Å². The summed E-state index contributed by atoms with van der Waals surface area (Å²) in [7, 11) is -3.05. The van der Waals surface area contributed by atoms with E-state index in [0.29, 0.717) is 13.1 Å². The highest BCUT2D eigenvalue weighted by molar-refractivity contribution is 7.89. The average Bonchev–Trinajstić information content (AvgIpc) is 2.63. The van der Waals surface area contributed by atoms with Crippen LogP contribution in [0.25, 0.3) is 0 Å². The van der Waals surface area contributed by atoms with Crippen molar-refractivity contribution in [3.8, 4) is 0 Å². The van der Waals surface area contributed by atoms with Crippen LogP contribution in [-0.2, 0) is 10.0 Å². The predicted octanol–water partition coefficient (Wildman–Crippen LogP) is 2.39. The van der Waals surface area contributed by atoms with E-state index in [1.165, 1.54) is 24.2 Å². The number of nitrogens with zero attached hydrogens (tertiary/aromatic N) is 3. The molecule has 2 heterocycles. The van der Waals surface area contributed by atoms with Crippen molar-refractivity contribution in [3.63, 3.8) is 0 Å². The fraction of sp³-hybridized carbons (Fsp3) is 0.667. The summed E-state index contributed by atoms with van der Waals surface area (Å²) < 4.78 is 25.5. The zero-order chi connectivity index (χ0) is 17.2. The number of hydrogen-bond donors (Lipinski definition) is 0. The molecule has 0 amide bonds. The van der Waals surface area contributed by atoms with Crippen LogP contribution in [-0.4, -0.2) is 57.7 Å². The molecule has 3 rings (SSSR count). The first kappa shape index (κ1) is 17.5. The molecule has 2 aliphatic heterocycles. The second-order valence-corrected chi connectivity index (χ2v) is 9.23. The van der Waals surface area contributed by atoms with Crippen molar-refractivity contribution in [1.82, 2.24) is 4.31 Å². The monoisotopic (exact) mass is 351 g/mol. The lowest BCUT2D eigenvalue weighted by Gasteiger charge is -2.36. The molecule has 0 spiro atoms. The molecule has 0 bridgehead atoms. The van der Waals surface area contributed by atoms with E-state index in [1.807, 2.05) is 0 Å². The summed E-state index contributed by atoms with van der Waals surface area (Å²) in [5, 5.41) is 0. The van der Waals surface area contributed by atoms with Gasteiger partial charge in [0, 0.05) is 50.6 Å². The Morgan fingerprint density at radius 2 is 1.33 bits per heavy atom. The van der Waals surface area contributed by atoms with E-state index in [4.69, 9.17) is 0 Å². The number of piperidine rings is 1. The van der Waals surface area contributed by atoms with Gasteiger partial charge in [-0.1, -0.05) is 6.92 Å². The van der Waals surface area contributed by atoms with Gasteiger partial charge in [0.15, 0.2) is 0 Å². The Bertz CT molecular complexity index is 629. The Balaban J connectivity index is 1.59. The number of benzene rings is 1. The van der Waals surface area contributed by atoms with Crippen molar-refractivity contribution in [2.45, 2.75) is 26.7 Å². The van der Waals surface area contributed by atoms with Gasteiger partial charge in [-0.05, 0) is 49.9 Å². The fourth-order valence-electron chi connectivity index (χ4n) is 3.55. The molecule has 0 radical (unpaired) electrons. The number of hydrogen-bond acceptors (Lipinski definition) is 4. The topological polar surface area (TPSA) is 43.9 Å². The molecule has 0 unspecified atom stereocenters. The number of piperazine rings is 1. The van der Waals surface area contributed by atoms with Gasteiger partial charge >= 0.3 is 0 Å². The van der Waals surface area contributed by atoms with Crippen molar-refractivity contribution in [2.75, 3.05) is 54.8 Å². The van der Waals surface area contributed by atoms with Crippen LogP contribution in [0.15, 0.2) is 24.3 Å². The molecular weight excluding hydrogens is 322 g/mol. The molecule has 0 atom stereocenters. The van der Waals surface area contributed by atoms with Crippen LogP contribution in [0.3, 0.4) is 0 Å². The lowest BCUT2D eigenvalue weighted by atomic mass is 9.99. The predicted molar refractivity (Wildman–Crippen MR) is 100 cm³/mol. The first-order valence-corrected chi connectivity index (χ1v) is 10.7. The van der Waals surface area contributed by atoms with Crippen LogP contribution in [0.5, 0.6) is 0 Å². The maximum atomic E-state index is 11.9. The molecular formula is C18H29N3O2S. The Kier molecular flexibility index (Phi) is 5.35. The summed E-state index contributed by atoms with van der Waals surface area (Å²) in [5.74, 6) is 1.03. The minimum atomic E-state index is -3.05. The zero-order valence-electron chi connectivity index (χ0n) is 14.8. The van der Waals surface area contributed by atoms with Gasteiger partial charge in [-0.15, -0.1) is 0 Å². The van der Waals surface area contributed by atoms with Crippen molar-refractivity contribution in [3.05, 3.63) is 24.3 Å². The van der Waals surface area contributed by atoms with Crippen LogP contribution in [0, 0.1) is 5.92 Å². The molecule has 0 saturated carbocycles. The third kappa shape index (κ3) is 3.86. The normalized spacial score (nSPS) is 21.2. The van der Waals surface area contributed by atoms with Crippen molar-refractivity contribution in [2.24, 2.45) is 5.92 Å². The standard InChI is InChI=1S/C18H29N3O2S/c1-3-24(22,23)21-14-12-20(13-15-21)18-6-4-17(5-7-18)19-10-8-16(2)9-11-19/h4-7,16H,3,8-15H2,1-2H3. The maximum absolute atomic E-state index is 11.9. The van der Waals surface area contributed by atoms with Crippen LogP contribution >= 0.6 is 0 Å². The van der Waals surface area contributed by atoms with Gasteiger partial charge < -0.3 is 9.80 Å². The van der Waals surface area contributed by atoms with E-state index in [-0.39, 0.29) is 5.75 Å². The SMILES string of the molecule is CCS(=O)(=O)N1CCN(c2ccc(N3CCC(C)CC3)cc2)CC1. The highest BCUT2D eigenvalue weighted by Crippen LogP contribution is 2.26. The average molecular weight is 352 g/mol. The summed E-state index contributed by atoms with van der Waals surface area (Å²) >= 11 is 0. The Morgan fingerprint density at radius 1 is 0.875 bits per heavy atom. The first-order valence-electron chi connectivity index (χ1n) is 9.07. The van der Waals surface area contributed by atoms with E-state index >= 15 is 0 Å². The molecule has 0 aliphatic carbocycles. The minimum absolute atomic E-state index is 0.191. The second kappa shape index (κ2) is 7.31. The van der Waals surface area contributed by atoms with E-state index in [2.05, 4.69) is 41.0 Å². The molecule has 1 aromatic rings. The lowest BCUT2D eigenvalue weighted by Crippen LogP contribution is -2.49. The zero-order valence-corrected chi connectivity index (χ0v) is 15.6. The molecule has 5 nitrogen and oxygen atoms in total. The summed E-state index contributed by atoms with van der Waals surface area (Å²) in [6.45, 7) is 9.03.